The van der Waals surface area contributed by atoms with E-state index in [0.717, 1.165) is 49.7 Å². The molecule has 1 aromatic carbocycles. The maximum absolute atomic E-state index is 11.7. The predicted molar refractivity (Wildman–Crippen MR) is 115 cm³/mol. The van der Waals surface area contributed by atoms with Gasteiger partial charge >= 0.3 is 0 Å². The first-order chi connectivity index (χ1) is 11.7. The number of nitrogens with zero attached hydrogens (tertiary/aromatic N) is 1. The number of anilines is 1. The minimum Gasteiger partial charge on any atom is -0.385 e. The number of carbonyl (C=O) groups is 1. The lowest BCUT2D eigenvalue weighted by Crippen LogP contribution is -2.38. The van der Waals surface area contributed by atoms with Crippen molar-refractivity contribution in [3.05, 3.63) is 29.8 Å². The van der Waals surface area contributed by atoms with Crippen LogP contribution in [0.4, 0.5) is 5.69 Å². The molecule has 1 rings (SSSR count). The van der Waals surface area contributed by atoms with E-state index in [0.29, 0.717) is 13.0 Å². The number of halogens is 1. The fraction of sp³-hybridized carbons (Fsp3) is 0.556. The van der Waals surface area contributed by atoms with E-state index in [9.17, 15) is 4.79 Å². The zero-order chi connectivity index (χ0) is 17.6. The Morgan fingerprint density at radius 1 is 1.24 bits per heavy atom. The van der Waals surface area contributed by atoms with E-state index in [1.165, 1.54) is 0 Å². The monoisotopic (exact) mass is 462 g/mol. The SMILES string of the molecule is CCCC(=O)Nc1cccc(CN=C(NCC)NCCCOC)c1.I. The highest BCUT2D eigenvalue weighted by atomic mass is 127. The van der Waals surface area contributed by atoms with Crippen LogP contribution in [0.5, 0.6) is 0 Å². The topological polar surface area (TPSA) is 74.8 Å². The molecule has 6 nitrogen and oxygen atoms in total. The number of methoxy groups -OCH3 is 1. The first kappa shape index (κ1) is 23.6. The van der Waals surface area contributed by atoms with Gasteiger partial charge in [0.05, 0.1) is 6.54 Å². The average molecular weight is 462 g/mol. The Bertz CT molecular complexity index is 524. The van der Waals surface area contributed by atoms with Gasteiger partial charge in [-0.25, -0.2) is 4.99 Å². The molecule has 7 heteroatoms. The van der Waals surface area contributed by atoms with Crippen LogP contribution in [0.2, 0.25) is 0 Å². The summed E-state index contributed by atoms with van der Waals surface area (Å²) in [5.74, 6) is 0.834. The highest BCUT2D eigenvalue weighted by Gasteiger charge is 2.02. The largest absolute Gasteiger partial charge is 0.385 e. The molecule has 0 atom stereocenters. The maximum Gasteiger partial charge on any atom is 0.224 e. The molecule has 0 saturated carbocycles. The van der Waals surface area contributed by atoms with Gasteiger partial charge in [-0.15, -0.1) is 24.0 Å². The quantitative estimate of drug-likeness (QED) is 0.216. The van der Waals surface area contributed by atoms with E-state index >= 15 is 0 Å². The number of hydrogen-bond donors (Lipinski definition) is 3. The summed E-state index contributed by atoms with van der Waals surface area (Å²) in [4.78, 5) is 16.3. The van der Waals surface area contributed by atoms with Crippen molar-refractivity contribution >= 4 is 41.5 Å². The minimum atomic E-state index is 0. The third-order valence-corrected chi connectivity index (χ3v) is 3.27. The van der Waals surface area contributed by atoms with Crippen molar-refractivity contribution in [2.24, 2.45) is 4.99 Å². The number of nitrogens with one attached hydrogen (secondary N) is 3. The molecular weight excluding hydrogens is 431 g/mol. The number of carbonyl (C=O) groups excluding carboxylic acids is 1. The van der Waals surface area contributed by atoms with Gasteiger partial charge in [0.25, 0.3) is 0 Å². The minimum absolute atomic E-state index is 0. The molecule has 1 amide bonds. The summed E-state index contributed by atoms with van der Waals surface area (Å²) in [6, 6.07) is 7.80. The molecule has 0 heterocycles. The van der Waals surface area contributed by atoms with Crippen molar-refractivity contribution in [2.75, 3.05) is 32.1 Å². The van der Waals surface area contributed by atoms with Crippen LogP contribution in [0.15, 0.2) is 29.3 Å². The van der Waals surface area contributed by atoms with Crippen molar-refractivity contribution in [3.63, 3.8) is 0 Å². The Balaban J connectivity index is 0.00000576. The van der Waals surface area contributed by atoms with E-state index in [2.05, 4.69) is 20.9 Å². The molecular formula is C18H31IN4O2. The van der Waals surface area contributed by atoms with Gasteiger partial charge in [0.1, 0.15) is 0 Å². The summed E-state index contributed by atoms with van der Waals surface area (Å²) in [6.45, 7) is 6.93. The second-order valence-electron chi connectivity index (χ2n) is 5.47. The van der Waals surface area contributed by atoms with Crippen LogP contribution in [0.25, 0.3) is 0 Å². The van der Waals surface area contributed by atoms with Gasteiger partial charge < -0.3 is 20.7 Å². The van der Waals surface area contributed by atoms with Crippen molar-refractivity contribution in [1.82, 2.24) is 10.6 Å². The molecule has 142 valence electrons. The Morgan fingerprint density at radius 3 is 2.72 bits per heavy atom. The van der Waals surface area contributed by atoms with E-state index in [1.54, 1.807) is 7.11 Å². The van der Waals surface area contributed by atoms with Gasteiger partial charge in [0.2, 0.25) is 5.91 Å². The van der Waals surface area contributed by atoms with Crippen LogP contribution in [0, 0.1) is 0 Å². The Kier molecular flexibility index (Phi) is 14.1. The second-order valence-corrected chi connectivity index (χ2v) is 5.47. The molecule has 0 bridgehead atoms. The molecule has 0 aliphatic carbocycles. The van der Waals surface area contributed by atoms with Crippen LogP contribution >= 0.6 is 24.0 Å². The zero-order valence-corrected chi connectivity index (χ0v) is 17.8. The van der Waals surface area contributed by atoms with Gasteiger partial charge in [-0.2, -0.15) is 0 Å². The Hall–Kier alpha value is -1.35. The molecule has 0 aliphatic heterocycles. The third kappa shape index (κ3) is 11.0. The summed E-state index contributed by atoms with van der Waals surface area (Å²) in [6.07, 6.45) is 2.31. The molecule has 0 fully saturated rings. The lowest BCUT2D eigenvalue weighted by molar-refractivity contribution is -0.116. The number of amides is 1. The first-order valence-electron chi connectivity index (χ1n) is 8.59. The fourth-order valence-corrected chi connectivity index (χ4v) is 2.13. The summed E-state index contributed by atoms with van der Waals surface area (Å²) in [5.41, 5.74) is 1.87. The number of aliphatic imine (C=N–C) groups is 1. The van der Waals surface area contributed by atoms with Gasteiger partial charge in [-0.1, -0.05) is 19.1 Å². The summed E-state index contributed by atoms with van der Waals surface area (Å²) < 4.78 is 5.04. The molecule has 0 unspecified atom stereocenters. The van der Waals surface area contributed by atoms with Crippen molar-refractivity contribution in [2.45, 2.75) is 39.7 Å². The van der Waals surface area contributed by atoms with Crippen LogP contribution in [-0.4, -0.2) is 38.7 Å². The van der Waals surface area contributed by atoms with Gasteiger partial charge in [-0.05, 0) is 37.5 Å². The van der Waals surface area contributed by atoms with E-state index < -0.39 is 0 Å². The van der Waals surface area contributed by atoms with Crippen molar-refractivity contribution < 1.29 is 9.53 Å². The molecule has 0 saturated heterocycles. The van der Waals surface area contributed by atoms with Gasteiger partial charge in [0, 0.05) is 38.9 Å². The predicted octanol–water partition coefficient (Wildman–Crippen LogP) is 3.13. The number of rotatable bonds is 10. The first-order valence-corrected chi connectivity index (χ1v) is 8.59. The number of ether oxygens (including phenoxy) is 1. The highest BCUT2D eigenvalue weighted by molar-refractivity contribution is 14.0. The third-order valence-electron chi connectivity index (χ3n) is 3.27. The normalized spacial score (nSPS) is 10.8. The molecule has 0 aromatic heterocycles. The standard InChI is InChI=1S/C18H30N4O2.HI/c1-4-8-17(23)22-16-10-6-9-15(13-16)14-21-18(19-5-2)20-11-7-12-24-3;/h6,9-10,13H,4-5,7-8,11-12,14H2,1-3H3,(H,22,23)(H2,19,20,21);1H. The van der Waals surface area contributed by atoms with E-state index in [1.807, 2.05) is 38.1 Å². The average Bonchev–Trinajstić information content (AvgIpc) is 2.57. The molecule has 0 radical (unpaired) electrons. The van der Waals surface area contributed by atoms with Gasteiger partial charge in [0.15, 0.2) is 5.96 Å². The maximum atomic E-state index is 11.7. The molecule has 3 N–H and O–H groups in total. The van der Waals surface area contributed by atoms with E-state index in [4.69, 9.17) is 4.74 Å². The molecule has 1 aromatic rings. The van der Waals surface area contributed by atoms with Crippen LogP contribution in [0.1, 0.15) is 38.7 Å². The molecule has 0 spiro atoms. The number of guanidine groups is 1. The van der Waals surface area contributed by atoms with Crippen molar-refractivity contribution in [1.29, 1.82) is 0 Å². The summed E-state index contributed by atoms with van der Waals surface area (Å²) in [5, 5.41) is 9.41. The smallest absolute Gasteiger partial charge is 0.224 e. The highest BCUT2D eigenvalue weighted by Crippen LogP contribution is 2.12. The van der Waals surface area contributed by atoms with Crippen LogP contribution < -0.4 is 16.0 Å². The summed E-state index contributed by atoms with van der Waals surface area (Å²) >= 11 is 0. The molecule has 25 heavy (non-hydrogen) atoms. The van der Waals surface area contributed by atoms with E-state index in [-0.39, 0.29) is 29.9 Å². The second kappa shape index (κ2) is 14.9. The van der Waals surface area contributed by atoms with Gasteiger partial charge in [-0.3, -0.25) is 4.79 Å². The Labute approximate surface area is 168 Å². The zero-order valence-electron chi connectivity index (χ0n) is 15.4. The lowest BCUT2D eigenvalue weighted by atomic mass is 10.2. The van der Waals surface area contributed by atoms with Crippen LogP contribution in [0.3, 0.4) is 0 Å². The molecule has 0 aliphatic rings. The lowest BCUT2D eigenvalue weighted by Gasteiger charge is -2.11. The fourth-order valence-electron chi connectivity index (χ4n) is 2.13. The summed E-state index contributed by atoms with van der Waals surface area (Å²) in [7, 11) is 1.70. The number of hydrogen-bond acceptors (Lipinski definition) is 3. The Morgan fingerprint density at radius 2 is 2.04 bits per heavy atom. The van der Waals surface area contributed by atoms with Crippen LogP contribution in [-0.2, 0) is 16.1 Å². The van der Waals surface area contributed by atoms with Crippen molar-refractivity contribution in [3.8, 4) is 0 Å². The number of benzene rings is 1.